The number of nitrogens with zero attached hydrogens (tertiary/aromatic N) is 1. The molecule has 1 aliphatic carbocycles. The van der Waals surface area contributed by atoms with Gasteiger partial charge in [0.1, 0.15) is 0 Å². The number of likely N-dealkylation sites (tertiary alicyclic amines) is 1. The third-order valence-electron chi connectivity index (χ3n) is 2.64. The van der Waals surface area contributed by atoms with Gasteiger partial charge in [-0.3, -0.25) is 0 Å². The molecule has 0 radical (unpaired) electrons. The van der Waals surface area contributed by atoms with Gasteiger partial charge in [0, 0.05) is 0 Å². The quantitative estimate of drug-likeness (QED) is 0.650. The molecule has 0 spiro atoms. The molecule has 2 rings (SSSR count). The summed E-state index contributed by atoms with van der Waals surface area (Å²) in [5.41, 5.74) is 0. The lowest BCUT2D eigenvalue weighted by Crippen LogP contribution is -2.30. The first-order chi connectivity index (χ1) is 6.93. The van der Waals surface area contributed by atoms with Crippen LogP contribution >= 0.6 is 0 Å². The van der Waals surface area contributed by atoms with Gasteiger partial charge in [-0.05, 0) is 45.3 Å². The highest BCUT2D eigenvalue weighted by atomic mass is 15.1. The number of allylic oxidation sites excluding steroid dienone is 4. The summed E-state index contributed by atoms with van der Waals surface area (Å²) in [7, 11) is 0. The van der Waals surface area contributed by atoms with Crippen molar-refractivity contribution in [1.29, 1.82) is 0 Å². The number of piperidine rings is 1. The smallest absolute Gasteiger partial charge is 0.00187 e. The highest BCUT2D eigenvalue weighted by molar-refractivity contribution is 5.11. The molecule has 14 heavy (non-hydrogen) atoms. The summed E-state index contributed by atoms with van der Waals surface area (Å²) in [6.45, 7) is 6.29. The summed E-state index contributed by atoms with van der Waals surface area (Å²) in [5, 5.41) is 0. The molecular formula is C13H23N. The zero-order valence-corrected chi connectivity index (χ0v) is 9.41. The van der Waals surface area contributed by atoms with Gasteiger partial charge in [0.2, 0.25) is 0 Å². The lowest BCUT2D eigenvalue weighted by atomic mass is 10.1. The molecule has 0 saturated carbocycles. The molecule has 0 aromatic heterocycles. The van der Waals surface area contributed by atoms with Crippen molar-refractivity contribution in [2.45, 2.75) is 39.0 Å². The molecular weight excluding hydrogens is 170 g/mol. The minimum absolute atomic E-state index is 1.14. The number of hydrogen-bond donors (Lipinski definition) is 0. The first-order valence-corrected chi connectivity index (χ1v) is 5.97. The Kier molecular flexibility index (Phi) is 6.42. The monoisotopic (exact) mass is 193 g/mol. The molecule has 0 N–H and O–H groups in total. The predicted molar refractivity (Wildman–Crippen MR) is 63.5 cm³/mol. The second kappa shape index (κ2) is 7.81. The molecule has 1 saturated heterocycles. The van der Waals surface area contributed by atoms with Gasteiger partial charge in [0.15, 0.2) is 0 Å². The fourth-order valence-electron chi connectivity index (χ4n) is 1.89. The molecule has 1 heterocycles. The number of rotatable bonds is 2. The van der Waals surface area contributed by atoms with Crippen LogP contribution in [0.5, 0.6) is 0 Å². The third kappa shape index (κ3) is 5.23. The van der Waals surface area contributed by atoms with Gasteiger partial charge in [0.25, 0.3) is 0 Å². The Labute approximate surface area is 88.5 Å². The van der Waals surface area contributed by atoms with E-state index in [0.29, 0.717) is 0 Å². The Morgan fingerprint density at radius 3 is 2.07 bits per heavy atom. The first kappa shape index (κ1) is 11.5. The molecule has 0 unspecified atom stereocenters. The van der Waals surface area contributed by atoms with Gasteiger partial charge in [-0.15, -0.1) is 0 Å². The second-order valence-corrected chi connectivity index (χ2v) is 3.99. The van der Waals surface area contributed by atoms with Crippen molar-refractivity contribution in [3.8, 4) is 0 Å². The van der Waals surface area contributed by atoms with Gasteiger partial charge in [-0.2, -0.15) is 0 Å². The van der Waals surface area contributed by atoms with Gasteiger partial charge >= 0.3 is 0 Å². The summed E-state index contributed by atoms with van der Waals surface area (Å²) < 4.78 is 0. The predicted octanol–water partition coefficient (Wildman–Crippen LogP) is 3.38. The third-order valence-corrected chi connectivity index (χ3v) is 2.64. The summed E-state index contributed by atoms with van der Waals surface area (Å²) in [4.78, 5) is 2.57. The van der Waals surface area contributed by atoms with Crippen LogP contribution in [0.2, 0.25) is 0 Å². The Bertz CT molecular complexity index is 163. The molecule has 0 aromatic rings. The van der Waals surface area contributed by atoms with Gasteiger partial charge in [0.05, 0.1) is 0 Å². The Balaban J connectivity index is 0.000000165. The van der Waals surface area contributed by atoms with E-state index in [1.165, 1.54) is 45.3 Å². The van der Waals surface area contributed by atoms with Crippen LogP contribution in [0, 0.1) is 0 Å². The summed E-state index contributed by atoms with van der Waals surface area (Å²) in [6.07, 6.45) is 15.1. The topological polar surface area (TPSA) is 3.24 Å². The van der Waals surface area contributed by atoms with E-state index in [1.54, 1.807) is 0 Å². The van der Waals surface area contributed by atoms with Crippen molar-refractivity contribution in [3.63, 3.8) is 0 Å². The van der Waals surface area contributed by atoms with Gasteiger partial charge in [-0.25, -0.2) is 0 Å². The minimum Gasteiger partial charge on any atom is -0.303 e. The Morgan fingerprint density at radius 1 is 1.00 bits per heavy atom. The molecule has 2 aliphatic rings. The van der Waals surface area contributed by atoms with Gasteiger partial charge < -0.3 is 4.90 Å². The van der Waals surface area contributed by atoms with Crippen LogP contribution in [0.15, 0.2) is 24.3 Å². The molecule has 1 aliphatic heterocycles. The van der Waals surface area contributed by atoms with E-state index >= 15 is 0 Å². The van der Waals surface area contributed by atoms with Crippen LogP contribution in [0.25, 0.3) is 0 Å². The standard InChI is InChI=1S/C8H17N.C5H6/c1-2-6-9-7-4-3-5-8-9;1-2-4-5-3-1/h2-8H2,1H3;1-4H,5H2. The normalized spacial score (nSPS) is 20.6. The van der Waals surface area contributed by atoms with Crippen LogP contribution in [0.4, 0.5) is 0 Å². The van der Waals surface area contributed by atoms with E-state index in [4.69, 9.17) is 0 Å². The average molecular weight is 193 g/mol. The maximum atomic E-state index is 2.57. The van der Waals surface area contributed by atoms with E-state index in [1.807, 2.05) is 0 Å². The van der Waals surface area contributed by atoms with Crippen LogP contribution in [0.3, 0.4) is 0 Å². The molecule has 1 heteroatoms. The maximum Gasteiger partial charge on any atom is -0.00187 e. The summed E-state index contributed by atoms with van der Waals surface area (Å²) in [6, 6.07) is 0. The van der Waals surface area contributed by atoms with Crippen molar-refractivity contribution >= 4 is 0 Å². The Hall–Kier alpha value is -0.560. The summed E-state index contributed by atoms with van der Waals surface area (Å²) >= 11 is 0. The van der Waals surface area contributed by atoms with Crippen LogP contribution in [-0.4, -0.2) is 24.5 Å². The van der Waals surface area contributed by atoms with E-state index in [2.05, 4.69) is 36.1 Å². The molecule has 0 bridgehead atoms. The van der Waals surface area contributed by atoms with Crippen molar-refractivity contribution in [3.05, 3.63) is 24.3 Å². The lowest BCUT2D eigenvalue weighted by molar-refractivity contribution is 0.229. The lowest BCUT2D eigenvalue weighted by Gasteiger charge is -2.25. The molecule has 0 amide bonds. The van der Waals surface area contributed by atoms with E-state index in [-0.39, 0.29) is 0 Å². The second-order valence-electron chi connectivity index (χ2n) is 3.99. The largest absolute Gasteiger partial charge is 0.303 e. The SMILES string of the molecule is C1=CCC=C1.CCCN1CCCCC1. The van der Waals surface area contributed by atoms with Crippen LogP contribution in [-0.2, 0) is 0 Å². The highest BCUT2D eigenvalue weighted by Gasteiger charge is 2.07. The van der Waals surface area contributed by atoms with Crippen molar-refractivity contribution in [1.82, 2.24) is 4.90 Å². The van der Waals surface area contributed by atoms with Crippen LogP contribution < -0.4 is 0 Å². The molecule has 1 nitrogen and oxygen atoms in total. The van der Waals surface area contributed by atoms with E-state index in [0.717, 1.165) is 6.42 Å². The van der Waals surface area contributed by atoms with Crippen LogP contribution in [0.1, 0.15) is 39.0 Å². The van der Waals surface area contributed by atoms with Gasteiger partial charge in [-0.1, -0.05) is 37.6 Å². The zero-order valence-electron chi connectivity index (χ0n) is 9.41. The van der Waals surface area contributed by atoms with Crippen molar-refractivity contribution in [2.24, 2.45) is 0 Å². The summed E-state index contributed by atoms with van der Waals surface area (Å²) in [5.74, 6) is 0. The van der Waals surface area contributed by atoms with Crippen molar-refractivity contribution < 1.29 is 0 Å². The van der Waals surface area contributed by atoms with E-state index in [9.17, 15) is 0 Å². The average Bonchev–Trinajstić information content (AvgIpc) is 2.78. The molecule has 0 aromatic carbocycles. The minimum atomic E-state index is 1.14. The molecule has 80 valence electrons. The molecule has 1 fully saturated rings. The first-order valence-electron chi connectivity index (χ1n) is 5.97. The zero-order chi connectivity index (χ0) is 10.1. The molecule has 0 atom stereocenters. The van der Waals surface area contributed by atoms with E-state index < -0.39 is 0 Å². The fourth-order valence-corrected chi connectivity index (χ4v) is 1.89. The Morgan fingerprint density at radius 2 is 1.64 bits per heavy atom. The van der Waals surface area contributed by atoms with Crippen molar-refractivity contribution in [2.75, 3.05) is 19.6 Å². The highest BCUT2D eigenvalue weighted by Crippen LogP contribution is 2.07. The fraction of sp³-hybridized carbons (Fsp3) is 0.692. The maximum absolute atomic E-state index is 2.57. The number of hydrogen-bond acceptors (Lipinski definition) is 1.